The molecule has 4 rings (SSSR count). The number of benzene rings is 2. The lowest BCUT2D eigenvalue weighted by molar-refractivity contribution is 0.484. The van der Waals surface area contributed by atoms with E-state index in [4.69, 9.17) is 9.47 Å². The molecule has 0 aliphatic carbocycles. The van der Waals surface area contributed by atoms with E-state index in [-0.39, 0.29) is 0 Å². The van der Waals surface area contributed by atoms with E-state index in [1.807, 2.05) is 35.0 Å². The SMILES string of the molecule is Cc1ccc(Oc2csc(-c3cc(Oc4ccc(C)cc4)cs3)c2)cc1. The Bertz CT molecular complexity index is 912. The Labute approximate surface area is 161 Å². The van der Waals surface area contributed by atoms with Crippen LogP contribution in [0.1, 0.15) is 11.1 Å². The first-order valence-electron chi connectivity index (χ1n) is 8.32. The molecule has 4 aromatic rings. The van der Waals surface area contributed by atoms with Crippen molar-refractivity contribution in [2.75, 3.05) is 0 Å². The highest BCUT2D eigenvalue weighted by Crippen LogP contribution is 2.39. The Morgan fingerprint density at radius 3 is 1.31 bits per heavy atom. The number of aryl methyl sites for hydroxylation is 2. The van der Waals surface area contributed by atoms with Crippen LogP contribution in [-0.2, 0) is 0 Å². The monoisotopic (exact) mass is 378 g/mol. The summed E-state index contributed by atoms with van der Waals surface area (Å²) in [6.07, 6.45) is 0. The number of rotatable bonds is 5. The molecule has 0 fully saturated rings. The largest absolute Gasteiger partial charge is 0.456 e. The van der Waals surface area contributed by atoms with Crippen molar-refractivity contribution in [1.29, 1.82) is 0 Å². The van der Waals surface area contributed by atoms with Gasteiger partial charge in [-0.25, -0.2) is 0 Å². The third-order valence-electron chi connectivity index (χ3n) is 3.91. The van der Waals surface area contributed by atoms with Crippen molar-refractivity contribution in [2.45, 2.75) is 13.8 Å². The zero-order valence-electron chi connectivity index (χ0n) is 14.6. The number of thiophene rings is 2. The molecule has 130 valence electrons. The molecule has 0 spiro atoms. The maximum Gasteiger partial charge on any atom is 0.138 e. The van der Waals surface area contributed by atoms with Crippen molar-refractivity contribution >= 4 is 22.7 Å². The van der Waals surface area contributed by atoms with Crippen LogP contribution in [0.25, 0.3) is 9.75 Å². The molecular formula is C22H18O2S2. The Kier molecular flexibility index (Phi) is 4.78. The van der Waals surface area contributed by atoms with Crippen molar-refractivity contribution in [2.24, 2.45) is 0 Å². The van der Waals surface area contributed by atoms with Crippen LogP contribution >= 0.6 is 22.7 Å². The molecule has 0 atom stereocenters. The summed E-state index contributed by atoms with van der Waals surface area (Å²) in [7, 11) is 0. The fourth-order valence-electron chi connectivity index (χ4n) is 2.49. The van der Waals surface area contributed by atoms with E-state index in [2.05, 4.69) is 50.2 Å². The average Bonchev–Trinajstić information content (AvgIpc) is 3.28. The topological polar surface area (TPSA) is 18.5 Å². The van der Waals surface area contributed by atoms with E-state index in [0.717, 1.165) is 23.0 Å². The predicted molar refractivity (Wildman–Crippen MR) is 110 cm³/mol. The van der Waals surface area contributed by atoms with Gasteiger partial charge in [0.1, 0.15) is 23.0 Å². The lowest BCUT2D eigenvalue weighted by Gasteiger charge is -2.03. The Morgan fingerprint density at radius 1 is 0.538 bits per heavy atom. The fraction of sp³-hybridized carbons (Fsp3) is 0.0909. The normalized spacial score (nSPS) is 10.7. The standard InChI is InChI=1S/C22H18O2S2/c1-15-3-7-17(8-4-15)23-19-11-21(25-13-19)22-12-20(14-26-22)24-18-9-5-16(2)6-10-18/h3-14H,1-2H3. The van der Waals surface area contributed by atoms with Gasteiger partial charge in [-0.05, 0) is 38.1 Å². The van der Waals surface area contributed by atoms with Crippen LogP contribution in [0.2, 0.25) is 0 Å². The molecule has 4 heteroatoms. The molecular weight excluding hydrogens is 360 g/mol. The van der Waals surface area contributed by atoms with Gasteiger partial charge >= 0.3 is 0 Å². The van der Waals surface area contributed by atoms with Gasteiger partial charge in [-0.3, -0.25) is 0 Å². The van der Waals surface area contributed by atoms with Gasteiger partial charge < -0.3 is 9.47 Å². The zero-order valence-corrected chi connectivity index (χ0v) is 16.2. The summed E-state index contributed by atoms with van der Waals surface area (Å²) in [5.41, 5.74) is 2.45. The second kappa shape index (κ2) is 7.36. The van der Waals surface area contributed by atoms with Crippen molar-refractivity contribution in [1.82, 2.24) is 0 Å². The van der Waals surface area contributed by atoms with Crippen molar-refractivity contribution in [3.63, 3.8) is 0 Å². The number of hydrogen-bond acceptors (Lipinski definition) is 4. The lowest BCUT2D eigenvalue weighted by atomic mass is 10.2. The third kappa shape index (κ3) is 3.98. The van der Waals surface area contributed by atoms with E-state index >= 15 is 0 Å². The van der Waals surface area contributed by atoms with Crippen LogP contribution in [0.3, 0.4) is 0 Å². The quantitative estimate of drug-likeness (QED) is 0.354. The highest BCUT2D eigenvalue weighted by molar-refractivity contribution is 7.20. The molecule has 0 saturated carbocycles. The maximum absolute atomic E-state index is 5.93. The summed E-state index contributed by atoms with van der Waals surface area (Å²) < 4.78 is 11.9. The summed E-state index contributed by atoms with van der Waals surface area (Å²) >= 11 is 3.35. The predicted octanol–water partition coefficient (Wildman–Crippen LogP) is 7.68. The first kappa shape index (κ1) is 16.9. The second-order valence-electron chi connectivity index (χ2n) is 6.12. The van der Waals surface area contributed by atoms with Gasteiger partial charge in [0.2, 0.25) is 0 Å². The summed E-state index contributed by atoms with van der Waals surface area (Å²) in [5.74, 6) is 3.44. The summed E-state index contributed by atoms with van der Waals surface area (Å²) in [5, 5.41) is 4.07. The molecule has 2 aromatic carbocycles. The molecule has 2 nitrogen and oxygen atoms in total. The first-order valence-corrected chi connectivity index (χ1v) is 10.1. The van der Waals surface area contributed by atoms with Crippen LogP contribution in [-0.4, -0.2) is 0 Å². The minimum atomic E-state index is 0.856. The van der Waals surface area contributed by atoms with Gasteiger partial charge in [-0.2, -0.15) is 0 Å². The van der Waals surface area contributed by atoms with Gasteiger partial charge in [0, 0.05) is 32.6 Å². The minimum absolute atomic E-state index is 0.856. The first-order chi connectivity index (χ1) is 12.7. The Balaban J connectivity index is 1.46. The van der Waals surface area contributed by atoms with E-state index in [1.54, 1.807) is 22.7 Å². The molecule has 0 bridgehead atoms. The third-order valence-corrected chi connectivity index (χ3v) is 5.92. The van der Waals surface area contributed by atoms with E-state index in [0.29, 0.717) is 0 Å². The van der Waals surface area contributed by atoms with Gasteiger partial charge in [0.05, 0.1) is 0 Å². The average molecular weight is 379 g/mol. The summed E-state index contributed by atoms with van der Waals surface area (Å²) in [4.78, 5) is 2.35. The molecule has 0 radical (unpaired) electrons. The van der Waals surface area contributed by atoms with Crippen molar-refractivity contribution in [3.05, 3.63) is 82.6 Å². The fourth-order valence-corrected chi connectivity index (χ4v) is 4.21. The molecule has 0 N–H and O–H groups in total. The number of ether oxygens (including phenoxy) is 2. The van der Waals surface area contributed by atoms with Crippen LogP contribution in [0, 0.1) is 13.8 Å². The maximum atomic E-state index is 5.93. The highest BCUT2D eigenvalue weighted by Gasteiger charge is 2.09. The second-order valence-corrected chi connectivity index (χ2v) is 7.95. The molecule has 0 aliphatic heterocycles. The molecule has 0 unspecified atom stereocenters. The van der Waals surface area contributed by atoms with Crippen LogP contribution in [0.15, 0.2) is 71.4 Å². The van der Waals surface area contributed by atoms with Crippen molar-refractivity contribution < 1.29 is 9.47 Å². The molecule has 2 heterocycles. The van der Waals surface area contributed by atoms with Gasteiger partial charge in [-0.15, -0.1) is 22.7 Å². The van der Waals surface area contributed by atoms with E-state index < -0.39 is 0 Å². The molecule has 0 amide bonds. The summed E-state index contributed by atoms with van der Waals surface area (Å²) in [6, 6.07) is 20.3. The molecule has 26 heavy (non-hydrogen) atoms. The highest BCUT2D eigenvalue weighted by atomic mass is 32.1. The van der Waals surface area contributed by atoms with Gasteiger partial charge in [0.15, 0.2) is 0 Å². The van der Waals surface area contributed by atoms with Crippen molar-refractivity contribution in [3.8, 4) is 32.8 Å². The molecule has 0 saturated heterocycles. The van der Waals surface area contributed by atoms with E-state index in [9.17, 15) is 0 Å². The minimum Gasteiger partial charge on any atom is -0.456 e. The van der Waals surface area contributed by atoms with Gasteiger partial charge in [0.25, 0.3) is 0 Å². The lowest BCUT2D eigenvalue weighted by Crippen LogP contribution is -1.81. The van der Waals surface area contributed by atoms with E-state index in [1.165, 1.54) is 20.9 Å². The van der Waals surface area contributed by atoms with Crippen LogP contribution in [0.4, 0.5) is 0 Å². The smallest absolute Gasteiger partial charge is 0.138 e. The van der Waals surface area contributed by atoms with Gasteiger partial charge in [-0.1, -0.05) is 35.4 Å². The van der Waals surface area contributed by atoms with Crippen LogP contribution < -0.4 is 9.47 Å². The molecule has 0 aliphatic rings. The Morgan fingerprint density at radius 2 is 0.923 bits per heavy atom. The number of hydrogen-bond donors (Lipinski definition) is 0. The molecule has 2 aromatic heterocycles. The Hall–Kier alpha value is -2.56. The zero-order chi connectivity index (χ0) is 17.9. The van der Waals surface area contributed by atoms with Crippen LogP contribution in [0.5, 0.6) is 23.0 Å². The summed E-state index contributed by atoms with van der Waals surface area (Å²) in [6.45, 7) is 4.14.